The van der Waals surface area contributed by atoms with E-state index >= 15 is 0 Å². The van der Waals surface area contributed by atoms with Crippen molar-refractivity contribution in [3.63, 3.8) is 0 Å². The van der Waals surface area contributed by atoms with Crippen LogP contribution in [0.25, 0.3) is 0 Å². The fraction of sp³-hybridized carbons (Fsp3) is 0.478. The lowest BCUT2D eigenvalue weighted by molar-refractivity contribution is -0.136. The highest BCUT2D eigenvalue weighted by molar-refractivity contribution is 7.85. The van der Waals surface area contributed by atoms with E-state index in [1.54, 1.807) is 18.7 Å². The van der Waals surface area contributed by atoms with E-state index in [0.29, 0.717) is 30.0 Å². The van der Waals surface area contributed by atoms with E-state index in [-0.39, 0.29) is 11.7 Å². The maximum atomic E-state index is 13.0. The summed E-state index contributed by atoms with van der Waals surface area (Å²) in [6.07, 6.45) is 0.359. The topological polar surface area (TPSA) is 63.7 Å². The lowest BCUT2D eigenvalue weighted by Crippen LogP contribution is -2.34. The number of allylic oxidation sites excluding steroid dienone is 2. The predicted octanol–water partition coefficient (Wildman–Crippen LogP) is 4.52. The Morgan fingerprint density at radius 1 is 1.17 bits per heavy atom. The lowest BCUT2D eigenvalue weighted by Gasteiger charge is -2.26. The fourth-order valence-electron chi connectivity index (χ4n) is 3.17. The third-order valence-corrected chi connectivity index (χ3v) is 7.35. The monoisotopic (exact) mass is 449 g/mol. The van der Waals surface area contributed by atoms with Crippen molar-refractivity contribution in [2.75, 3.05) is 18.6 Å². The minimum atomic E-state index is -1.40. The smallest absolute Gasteiger partial charge is 0.335 e. The minimum absolute atomic E-state index is 0.0784. The Morgan fingerprint density at radius 3 is 2.27 bits per heavy atom. The molecule has 0 aliphatic carbocycles. The Kier molecular flexibility index (Phi) is 10.4. The summed E-state index contributed by atoms with van der Waals surface area (Å²) in [5.41, 5.74) is 2.84. The first-order valence-corrected chi connectivity index (χ1v) is 15.3. The van der Waals surface area contributed by atoms with Gasteiger partial charge in [-0.2, -0.15) is 0 Å². The zero-order valence-corrected chi connectivity index (χ0v) is 20.9. The number of methoxy groups -OCH3 is 1. The van der Waals surface area contributed by atoms with Crippen LogP contribution in [-0.2, 0) is 31.7 Å². The summed E-state index contributed by atoms with van der Waals surface area (Å²) in [7, 11) is -1.30. The van der Waals surface area contributed by atoms with Crippen LogP contribution in [0, 0.1) is 0 Å². The highest BCUT2D eigenvalue weighted by atomic mass is 32.2. The molecule has 1 unspecified atom stereocenters. The van der Waals surface area contributed by atoms with Crippen LogP contribution < -0.4 is 0 Å². The summed E-state index contributed by atoms with van der Waals surface area (Å²) in [5.74, 6) is -0.407. The van der Waals surface area contributed by atoms with Crippen LogP contribution in [0.5, 0.6) is 0 Å². The largest absolute Gasteiger partial charge is 0.466 e. The SMILES string of the molecule is C=C(C/C(C(=O)OC)=C(\C)N(Cc1ccccc1)C(=O)CS(=O)CC)C[Si](C)(C)C. The number of carbonyl (C=O) groups is 2. The van der Waals surface area contributed by atoms with Crippen LogP contribution >= 0.6 is 0 Å². The molecule has 0 N–H and O–H groups in total. The van der Waals surface area contributed by atoms with Crippen LogP contribution in [0.15, 0.2) is 53.8 Å². The average Bonchev–Trinajstić information content (AvgIpc) is 2.68. The standard InChI is InChI=1S/C23H35NO4SSi/c1-8-29(27)16-22(25)24(15-20-12-10-9-11-13-20)19(3)21(23(26)28-4)14-18(2)17-30(5,6)7/h9-13H,2,8,14-17H2,1,3-7H3/b21-19-. The van der Waals surface area contributed by atoms with E-state index in [9.17, 15) is 13.8 Å². The minimum Gasteiger partial charge on any atom is -0.466 e. The van der Waals surface area contributed by atoms with Gasteiger partial charge in [0, 0.05) is 36.7 Å². The summed E-state index contributed by atoms with van der Waals surface area (Å²) < 4.78 is 17.1. The van der Waals surface area contributed by atoms with Crippen molar-refractivity contribution < 1.29 is 18.5 Å². The van der Waals surface area contributed by atoms with Crippen molar-refractivity contribution in [2.24, 2.45) is 0 Å². The molecular formula is C23H35NO4SSi. The number of amides is 1. The van der Waals surface area contributed by atoms with Gasteiger partial charge in [0.1, 0.15) is 5.75 Å². The van der Waals surface area contributed by atoms with Crippen LogP contribution in [0.4, 0.5) is 0 Å². The molecule has 1 atom stereocenters. The van der Waals surface area contributed by atoms with Gasteiger partial charge in [-0.15, -0.1) is 0 Å². The lowest BCUT2D eigenvalue weighted by atomic mass is 10.0. The van der Waals surface area contributed by atoms with Gasteiger partial charge in [0.25, 0.3) is 0 Å². The Bertz CT molecular complexity index is 812. The van der Waals surface area contributed by atoms with Gasteiger partial charge in [-0.1, -0.05) is 69.0 Å². The maximum absolute atomic E-state index is 13.0. The van der Waals surface area contributed by atoms with Gasteiger partial charge in [0.15, 0.2) is 0 Å². The number of hydrogen-bond donors (Lipinski definition) is 0. The van der Waals surface area contributed by atoms with Crippen molar-refractivity contribution in [3.05, 3.63) is 59.3 Å². The molecule has 1 rings (SSSR count). The summed E-state index contributed by atoms with van der Waals surface area (Å²) in [6.45, 7) is 14.8. The third kappa shape index (κ3) is 8.79. The zero-order chi connectivity index (χ0) is 22.9. The highest BCUT2D eigenvalue weighted by Crippen LogP contribution is 2.26. The van der Waals surface area contributed by atoms with E-state index in [4.69, 9.17) is 4.74 Å². The quantitative estimate of drug-likeness (QED) is 0.216. The summed E-state index contributed by atoms with van der Waals surface area (Å²) in [6, 6.07) is 10.4. The van der Waals surface area contributed by atoms with E-state index in [1.807, 2.05) is 30.3 Å². The number of nitrogens with zero attached hydrogens (tertiary/aromatic N) is 1. The molecule has 0 bridgehead atoms. The number of rotatable bonds is 11. The molecule has 166 valence electrons. The molecule has 0 radical (unpaired) electrons. The van der Waals surface area contributed by atoms with E-state index in [0.717, 1.165) is 17.2 Å². The molecule has 5 nitrogen and oxygen atoms in total. The number of hydrogen-bond acceptors (Lipinski definition) is 4. The Balaban J connectivity index is 3.35. The van der Waals surface area contributed by atoms with Crippen molar-refractivity contribution in [1.29, 1.82) is 0 Å². The number of esters is 1. The molecule has 0 aliphatic rings. The molecule has 0 heterocycles. The number of carbonyl (C=O) groups excluding carboxylic acids is 2. The van der Waals surface area contributed by atoms with Crippen molar-refractivity contribution in [1.82, 2.24) is 4.90 Å². The Morgan fingerprint density at radius 2 is 1.77 bits per heavy atom. The molecular weight excluding hydrogens is 414 g/mol. The van der Waals surface area contributed by atoms with Crippen LogP contribution in [-0.4, -0.2) is 47.7 Å². The molecule has 0 spiro atoms. The second kappa shape index (κ2) is 12.0. The average molecular weight is 450 g/mol. The Labute approximate surface area is 184 Å². The fourth-order valence-corrected chi connectivity index (χ4v) is 5.43. The third-order valence-electron chi connectivity index (χ3n) is 4.57. The van der Waals surface area contributed by atoms with E-state index in [2.05, 4.69) is 26.2 Å². The summed E-state index contributed by atoms with van der Waals surface area (Å²) >= 11 is 0. The number of benzene rings is 1. The number of ether oxygens (including phenoxy) is 1. The van der Waals surface area contributed by atoms with Crippen molar-refractivity contribution in [3.8, 4) is 0 Å². The first-order valence-electron chi connectivity index (χ1n) is 10.1. The van der Waals surface area contributed by atoms with Gasteiger partial charge in [-0.25, -0.2) is 4.79 Å². The second-order valence-corrected chi connectivity index (χ2v) is 15.8. The van der Waals surface area contributed by atoms with Crippen LogP contribution in [0.2, 0.25) is 25.7 Å². The van der Waals surface area contributed by atoms with Crippen molar-refractivity contribution >= 4 is 30.7 Å². The molecule has 0 saturated carbocycles. The molecule has 7 heteroatoms. The molecule has 0 saturated heterocycles. The van der Waals surface area contributed by atoms with E-state index in [1.165, 1.54) is 7.11 Å². The zero-order valence-electron chi connectivity index (χ0n) is 19.1. The molecule has 1 aromatic carbocycles. The van der Waals surface area contributed by atoms with Gasteiger partial charge < -0.3 is 9.64 Å². The Hall–Kier alpha value is -1.99. The van der Waals surface area contributed by atoms with Gasteiger partial charge in [0.2, 0.25) is 5.91 Å². The molecule has 0 aliphatic heterocycles. The summed E-state index contributed by atoms with van der Waals surface area (Å²) in [4.78, 5) is 27.2. The summed E-state index contributed by atoms with van der Waals surface area (Å²) in [5, 5.41) is 0. The first-order chi connectivity index (χ1) is 14.0. The molecule has 1 aromatic rings. The highest BCUT2D eigenvalue weighted by Gasteiger charge is 2.25. The van der Waals surface area contributed by atoms with Crippen molar-refractivity contribution in [2.45, 2.75) is 52.5 Å². The molecule has 0 fully saturated rings. The second-order valence-electron chi connectivity index (χ2n) is 8.56. The normalized spacial score (nSPS) is 13.3. The van der Waals surface area contributed by atoms with Crippen LogP contribution in [0.3, 0.4) is 0 Å². The van der Waals surface area contributed by atoms with Crippen LogP contribution in [0.1, 0.15) is 25.8 Å². The predicted molar refractivity (Wildman–Crippen MR) is 127 cm³/mol. The van der Waals surface area contributed by atoms with E-state index < -0.39 is 24.8 Å². The van der Waals surface area contributed by atoms with Gasteiger partial charge in [-0.05, 0) is 18.5 Å². The van der Waals surface area contributed by atoms with Gasteiger partial charge >= 0.3 is 5.97 Å². The molecule has 30 heavy (non-hydrogen) atoms. The maximum Gasteiger partial charge on any atom is 0.335 e. The van der Waals surface area contributed by atoms with Gasteiger partial charge in [0.05, 0.1) is 19.2 Å². The first kappa shape index (κ1) is 26.0. The van der Waals surface area contributed by atoms with Gasteiger partial charge in [-0.3, -0.25) is 9.00 Å². The molecule has 1 amide bonds. The molecule has 0 aromatic heterocycles.